The zero-order chi connectivity index (χ0) is 15.1. The molecule has 0 saturated heterocycles. The van der Waals surface area contributed by atoms with Gasteiger partial charge in [0.1, 0.15) is 22.2 Å². The van der Waals surface area contributed by atoms with E-state index in [9.17, 15) is 10.4 Å². The van der Waals surface area contributed by atoms with Crippen molar-refractivity contribution < 1.29 is 14.8 Å². The fourth-order valence-corrected chi connectivity index (χ4v) is 2.48. The van der Waals surface area contributed by atoms with E-state index in [0.717, 1.165) is 15.5 Å². The number of hydrogen-bond acceptors (Lipinski definition) is 5. The minimum Gasteiger partial charge on any atom is -0.454 e. The monoisotopic (exact) mass is 293 g/mol. The zero-order valence-electron chi connectivity index (χ0n) is 11.3. The smallest absolute Gasteiger partial charge is 0.155 e. The van der Waals surface area contributed by atoms with Gasteiger partial charge in [0.05, 0.1) is 6.20 Å². The van der Waals surface area contributed by atoms with Crippen LogP contribution in [0.3, 0.4) is 0 Å². The van der Waals surface area contributed by atoms with E-state index in [1.807, 2.05) is 18.2 Å². The molecule has 3 aromatic heterocycles. The molecule has 108 valence electrons. The summed E-state index contributed by atoms with van der Waals surface area (Å²) in [5.41, 5.74) is 1.81. The molecule has 22 heavy (non-hydrogen) atoms. The molecular formula is C16H11N3O3. The van der Waals surface area contributed by atoms with Gasteiger partial charge in [0, 0.05) is 23.0 Å². The van der Waals surface area contributed by atoms with Crippen molar-refractivity contribution in [2.75, 3.05) is 0 Å². The predicted octanol–water partition coefficient (Wildman–Crippen LogP) is 2.98. The lowest BCUT2D eigenvalue weighted by Gasteiger charge is -2.04. The number of benzene rings is 1. The second-order valence-electron chi connectivity index (χ2n) is 4.88. The molecule has 0 bridgehead atoms. The molecule has 0 fully saturated rings. The van der Waals surface area contributed by atoms with Crippen molar-refractivity contribution in [1.82, 2.24) is 9.71 Å². The maximum absolute atomic E-state index is 9.60. The molecule has 0 unspecified atom stereocenters. The molecule has 6 nitrogen and oxygen atoms in total. The fourth-order valence-electron chi connectivity index (χ4n) is 2.48. The van der Waals surface area contributed by atoms with Gasteiger partial charge in [-0.15, -0.1) is 0 Å². The van der Waals surface area contributed by atoms with Crippen molar-refractivity contribution in [3.8, 4) is 11.5 Å². The number of para-hydroxylation sites is 1. The van der Waals surface area contributed by atoms with Gasteiger partial charge >= 0.3 is 0 Å². The first kappa shape index (κ1) is 12.5. The Labute approximate surface area is 124 Å². The number of nitrogens with zero attached hydrogens (tertiary/aromatic N) is 3. The van der Waals surface area contributed by atoms with Crippen LogP contribution in [-0.4, -0.2) is 20.1 Å². The number of fused-ring (bicyclic) bond motifs is 2. The average molecular weight is 293 g/mol. The summed E-state index contributed by atoms with van der Waals surface area (Å²) in [6.07, 6.45) is 3.10. The number of hydrogen-bond donors (Lipinski definition) is 2. The maximum Gasteiger partial charge on any atom is 0.155 e. The van der Waals surface area contributed by atoms with Gasteiger partial charge in [0.2, 0.25) is 0 Å². The molecule has 0 aliphatic rings. The second-order valence-corrected chi connectivity index (χ2v) is 4.88. The van der Waals surface area contributed by atoms with E-state index in [2.05, 4.69) is 10.1 Å². The zero-order valence-corrected chi connectivity index (χ0v) is 11.3. The first-order chi connectivity index (χ1) is 10.8. The summed E-state index contributed by atoms with van der Waals surface area (Å²) < 4.78 is 6.86. The number of rotatable bonds is 1. The Morgan fingerprint density at radius 1 is 1.14 bits per heavy atom. The Kier molecular flexibility index (Phi) is 2.62. The van der Waals surface area contributed by atoms with Crippen molar-refractivity contribution in [3.63, 3.8) is 0 Å². The summed E-state index contributed by atoms with van der Waals surface area (Å²) in [5, 5.41) is 24.1. The fraction of sp³-hybridized carbons (Fsp3) is 0. The normalized spacial score (nSPS) is 12.3. The van der Waals surface area contributed by atoms with Crippen LogP contribution in [0.15, 0.2) is 64.4 Å². The van der Waals surface area contributed by atoms with E-state index < -0.39 is 0 Å². The SMILES string of the molecule is O/N=c1\cc(-c2cc3ccn(O)c3cn2)oc2ccccc12. The van der Waals surface area contributed by atoms with Crippen LogP contribution >= 0.6 is 0 Å². The van der Waals surface area contributed by atoms with Gasteiger partial charge in [0.15, 0.2) is 5.76 Å². The molecule has 0 radical (unpaired) electrons. The van der Waals surface area contributed by atoms with Crippen molar-refractivity contribution in [2.45, 2.75) is 0 Å². The summed E-state index contributed by atoms with van der Waals surface area (Å²) in [4.78, 5) is 4.29. The molecule has 0 aliphatic heterocycles. The van der Waals surface area contributed by atoms with Gasteiger partial charge in [0.25, 0.3) is 0 Å². The Morgan fingerprint density at radius 2 is 2.00 bits per heavy atom. The molecule has 3 heterocycles. The van der Waals surface area contributed by atoms with E-state index in [-0.39, 0.29) is 0 Å². The molecule has 0 aliphatic carbocycles. The predicted molar refractivity (Wildman–Crippen MR) is 79.5 cm³/mol. The summed E-state index contributed by atoms with van der Waals surface area (Å²) in [7, 11) is 0. The quantitative estimate of drug-likeness (QED) is 0.321. The third-order valence-electron chi connectivity index (χ3n) is 3.57. The molecule has 2 N–H and O–H groups in total. The lowest BCUT2D eigenvalue weighted by atomic mass is 10.2. The van der Waals surface area contributed by atoms with Crippen molar-refractivity contribution in [2.24, 2.45) is 5.16 Å². The van der Waals surface area contributed by atoms with Crippen molar-refractivity contribution >= 4 is 21.9 Å². The Balaban J connectivity index is 1.99. The summed E-state index contributed by atoms with van der Waals surface area (Å²) >= 11 is 0. The maximum atomic E-state index is 9.60. The second kappa shape index (κ2) is 4.63. The molecular weight excluding hydrogens is 282 g/mol. The molecule has 0 atom stereocenters. The third kappa shape index (κ3) is 1.81. The van der Waals surface area contributed by atoms with Crippen LogP contribution in [0.5, 0.6) is 0 Å². The van der Waals surface area contributed by atoms with E-state index in [1.165, 1.54) is 0 Å². The van der Waals surface area contributed by atoms with Crippen LogP contribution in [0.2, 0.25) is 0 Å². The minimum absolute atomic E-state index is 0.415. The number of pyridine rings is 1. The van der Waals surface area contributed by atoms with Crippen LogP contribution in [0.1, 0.15) is 0 Å². The summed E-state index contributed by atoms with van der Waals surface area (Å²) in [6, 6.07) is 12.5. The molecule has 6 heteroatoms. The topological polar surface area (TPSA) is 83.8 Å². The third-order valence-corrected chi connectivity index (χ3v) is 3.57. The van der Waals surface area contributed by atoms with Crippen LogP contribution in [0.4, 0.5) is 0 Å². The standard InChI is InChI=1S/C16H11N3O3/c20-18-12-8-16(22-15-4-2-1-3-11(12)15)13-7-10-5-6-19(21)14(10)9-17-13/h1-9,20-21H/b18-12+. The highest BCUT2D eigenvalue weighted by Gasteiger charge is 2.09. The van der Waals surface area contributed by atoms with E-state index in [1.54, 1.807) is 36.7 Å². The highest BCUT2D eigenvalue weighted by atomic mass is 16.5. The Hall–Kier alpha value is -3.28. The summed E-state index contributed by atoms with van der Waals surface area (Å²) in [6.45, 7) is 0. The molecule has 4 rings (SSSR count). The van der Waals surface area contributed by atoms with Crippen molar-refractivity contribution in [1.29, 1.82) is 0 Å². The van der Waals surface area contributed by atoms with Gasteiger partial charge in [-0.05, 0) is 24.3 Å². The lowest BCUT2D eigenvalue weighted by molar-refractivity contribution is 0.200. The molecule has 0 spiro atoms. The van der Waals surface area contributed by atoms with Crippen LogP contribution in [0.25, 0.3) is 33.3 Å². The Bertz CT molecular complexity index is 1060. The molecule has 0 saturated carbocycles. The van der Waals surface area contributed by atoms with E-state index in [0.29, 0.717) is 27.9 Å². The summed E-state index contributed by atoms with van der Waals surface area (Å²) in [5.74, 6) is 0.485. The highest BCUT2D eigenvalue weighted by Crippen LogP contribution is 2.24. The first-order valence-corrected chi connectivity index (χ1v) is 6.64. The molecule has 4 aromatic rings. The van der Waals surface area contributed by atoms with Crippen LogP contribution in [-0.2, 0) is 0 Å². The number of aromatic nitrogens is 2. The van der Waals surface area contributed by atoms with Gasteiger partial charge in [-0.3, -0.25) is 4.98 Å². The lowest BCUT2D eigenvalue weighted by Crippen LogP contribution is -2.03. The Morgan fingerprint density at radius 3 is 2.86 bits per heavy atom. The van der Waals surface area contributed by atoms with Crippen LogP contribution < -0.4 is 5.36 Å². The van der Waals surface area contributed by atoms with E-state index in [4.69, 9.17) is 4.42 Å². The molecule has 0 amide bonds. The van der Waals surface area contributed by atoms with Gasteiger partial charge in [-0.1, -0.05) is 17.3 Å². The van der Waals surface area contributed by atoms with Crippen molar-refractivity contribution in [3.05, 3.63) is 60.2 Å². The highest BCUT2D eigenvalue weighted by molar-refractivity contribution is 5.83. The first-order valence-electron chi connectivity index (χ1n) is 6.64. The van der Waals surface area contributed by atoms with Gasteiger partial charge in [-0.25, -0.2) is 0 Å². The average Bonchev–Trinajstić information content (AvgIpc) is 2.94. The molecule has 1 aromatic carbocycles. The minimum atomic E-state index is 0.415. The van der Waals surface area contributed by atoms with Crippen LogP contribution in [0, 0.1) is 0 Å². The van der Waals surface area contributed by atoms with Gasteiger partial charge in [-0.2, -0.15) is 4.73 Å². The largest absolute Gasteiger partial charge is 0.454 e. The van der Waals surface area contributed by atoms with E-state index >= 15 is 0 Å². The van der Waals surface area contributed by atoms with Gasteiger partial charge < -0.3 is 14.8 Å².